The lowest BCUT2D eigenvalue weighted by Gasteiger charge is -2.17. The first-order chi connectivity index (χ1) is 13.7. The summed E-state index contributed by atoms with van der Waals surface area (Å²) in [5.41, 5.74) is 4.42. The van der Waals surface area contributed by atoms with Crippen LogP contribution in [0.5, 0.6) is 11.5 Å². The minimum atomic E-state index is 0.742. The number of rotatable bonds is 13. The summed E-state index contributed by atoms with van der Waals surface area (Å²) < 4.78 is 12.3. The smallest absolute Gasteiger partial charge is 0.131 e. The minimum Gasteiger partial charge on any atom is -0.493 e. The molecule has 0 amide bonds. The van der Waals surface area contributed by atoms with Gasteiger partial charge in [-0.2, -0.15) is 0 Å². The van der Waals surface area contributed by atoms with Crippen molar-refractivity contribution in [2.75, 3.05) is 13.2 Å². The maximum atomic E-state index is 6.23. The van der Waals surface area contributed by atoms with Crippen LogP contribution in [0.1, 0.15) is 76.5 Å². The Morgan fingerprint density at radius 3 is 2.07 bits per heavy atom. The van der Waals surface area contributed by atoms with Gasteiger partial charge in [-0.1, -0.05) is 58.4 Å². The highest BCUT2D eigenvalue weighted by atomic mass is 16.5. The average Bonchev–Trinajstić information content (AvgIpc) is 2.68. The standard InChI is InChI=1S/C25H37NO2/c1-5-7-9-11-15-27-23-17-20(3)25(22-14-13-21(4)26-19-22)24(18-23)28-16-12-10-8-6-2/h13-14,17-19H,5-12,15-16H2,1-4H3. The zero-order valence-corrected chi connectivity index (χ0v) is 18.2. The van der Waals surface area contributed by atoms with Gasteiger partial charge in [0.05, 0.1) is 13.2 Å². The summed E-state index contributed by atoms with van der Waals surface area (Å²) in [6, 6.07) is 8.36. The van der Waals surface area contributed by atoms with Crippen LogP contribution in [0.2, 0.25) is 0 Å². The van der Waals surface area contributed by atoms with Crippen LogP contribution in [-0.4, -0.2) is 18.2 Å². The van der Waals surface area contributed by atoms with Gasteiger partial charge < -0.3 is 9.47 Å². The van der Waals surface area contributed by atoms with E-state index < -0.39 is 0 Å². The molecule has 154 valence electrons. The van der Waals surface area contributed by atoms with E-state index in [2.05, 4.69) is 50.0 Å². The predicted molar refractivity (Wildman–Crippen MR) is 118 cm³/mol. The van der Waals surface area contributed by atoms with Gasteiger partial charge in [-0.25, -0.2) is 0 Å². The van der Waals surface area contributed by atoms with Crippen LogP contribution >= 0.6 is 0 Å². The zero-order chi connectivity index (χ0) is 20.2. The number of nitrogens with zero attached hydrogens (tertiary/aromatic N) is 1. The SMILES string of the molecule is CCCCCCOc1cc(C)c(-c2ccc(C)nc2)c(OCCCCCC)c1. The summed E-state index contributed by atoms with van der Waals surface area (Å²) in [7, 11) is 0. The largest absolute Gasteiger partial charge is 0.493 e. The third kappa shape index (κ3) is 7.18. The van der Waals surface area contributed by atoms with Crippen molar-refractivity contribution in [2.45, 2.75) is 79.1 Å². The molecule has 28 heavy (non-hydrogen) atoms. The van der Waals surface area contributed by atoms with E-state index in [1.54, 1.807) is 0 Å². The van der Waals surface area contributed by atoms with Crippen molar-refractivity contribution >= 4 is 0 Å². The van der Waals surface area contributed by atoms with Crippen LogP contribution < -0.4 is 9.47 Å². The molecule has 0 fully saturated rings. The fraction of sp³-hybridized carbons (Fsp3) is 0.560. The second-order valence-electron chi connectivity index (χ2n) is 7.62. The van der Waals surface area contributed by atoms with Crippen molar-refractivity contribution in [1.29, 1.82) is 0 Å². The van der Waals surface area contributed by atoms with E-state index in [9.17, 15) is 0 Å². The minimum absolute atomic E-state index is 0.742. The van der Waals surface area contributed by atoms with Crippen LogP contribution in [0.3, 0.4) is 0 Å². The quantitative estimate of drug-likeness (QED) is 0.340. The van der Waals surface area contributed by atoms with E-state index in [1.807, 2.05) is 13.1 Å². The maximum absolute atomic E-state index is 6.23. The number of ether oxygens (including phenoxy) is 2. The molecule has 3 heteroatoms. The second-order valence-corrected chi connectivity index (χ2v) is 7.62. The van der Waals surface area contributed by atoms with Gasteiger partial charge >= 0.3 is 0 Å². The molecule has 2 aromatic rings. The van der Waals surface area contributed by atoms with Crippen LogP contribution in [-0.2, 0) is 0 Å². The Balaban J connectivity index is 2.15. The molecule has 0 spiro atoms. The van der Waals surface area contributed by atoms with Gasteiger partial charge in [0, 0.05) is 29.1 Å². The molecule has 0 aliphatic rings. The molecule has 0 radical (unpaired) electrons. The molecule has 1 aromatic heterocycles. The van der Waals surface area contributed by atoms with E-state index in [1.165, 1.54) is 44.1 Å². The summed E-state index contributed by atoms with van der Waals surface area (Å²) in [5.74, 6) is 1.81. The third-order valence-electron chi connectivity index (χ3n) is 4.99. The molecule has 0 atom stereocenters. The molecule has 0 aliphatic heterocycles. The lowest BCUT2D eigenvalue weighted by atomic mass is 10.00. The van der Waals surface area contributed by atoms with Crippen molar-refractivity contribution in [3.63, 3.8) is 0 Å². The topological polar surface area (TPSA) is 31.4 Å². The molecular formula is C25H37NO2. The van der Waals surface area contributed by atoms with E-state index >= 15 is 0 Å². The highest BCUT2D eigenvalue weighted by Gasteiger charge is 2.13. The van der Waals surface area contributed by atoms with E-state index in [0.717, 1.165) is 54.4 Å². The molecule has 0 bridgehead atoms. The van der Waals surface area contributed by atoms with Crippen molar-refractivity contribution in [3.8, 4) is 22.6 Å². The van der Waals surface area contributed by atoms with Crippen molar-refractivity contribution in [1.82, 2.24) is 4.98 Å². The lowest BCUT2D eigenvalue weighted by Crippen LogP contribution is -2.03. The number of hydrogen-bond donors (Lipinski definition) is 0. The molecule has 1 heterocycles. The molecule has 0 N–H and O–H groups in total. The number of aryl methyl sites for hydroxylation is 2. The Morgan fingerprint density at radius 1 is 0.786 bits per heavy atom. The number of hydrogen-bond acceptors (Lipinski definition) is 3. The number of pyridine rings is 1. The first-order valence-electron chi connectivity index (χ1n) is 11.0. The first-order valence-corrected chi connectivity index (χ1v) is 11.0. The maximum Gasteiger partial charge on any atom is 0.131 e. The number of unbranched alkanes of at least 4 members (excludes halogenated alkanes) is 6. The summed E-state index contributed by atoms with van der Waals surface area (Å²) in [5, 5.41) is 0. The van der Waals surface area contributed by atoms with E-state index in [0.29, 0.717) is 0 Å². The van der Waals surface area contributed by atoms with Crippen LogP contribution in [0.4, 0.5) is 0 Å². The summed E-state index contributed by atoms with van der Waals surface area (Å²) in [6.07, 6.45) is 11.6. The highest BCUT2D eigenvalue weighted by molar-refractivity contribution is 5.74. The van der Waals surface area contributed by atoms with Crippen LogP contribution in [0, 0.1) is 13.8 Å². The normalized spacial score (nSPS) is 10.9. The van der Waals surface area contributed by atoms with Gasteiger partial charge in [-0.15, -0.1) is 0 Å². The lowest BCUT2D eigenvalue weighted by molar-refractivity contribution is 0.291. The number of benzene rings is 1. The molecule has 0 saturated heterocycles. The molecule has 1 aromatic carbocycles. The van der Waals surface area contributed by atoms with E-state index in [4.69, 9.17) is 9.47 Å². The summed E-state index contributed by atoms with van der Waals surface area (Å²) in [4.78, 5) is 4.47. The predicted octanol–water partition coefficient (Wildman–Crippen LogP) is 7.28. The summed E-state index contributed by atoms with van der Waals surface area (Å²) >= 11 is 0. The molecule has 0 unspecified atom stereocenters. The number of aromatic nitrogens is 1. The van der Waals surface area contributed by atoms with Gasteiger partial charge in [0.2, 0.25) is 0 Å². The van der Waals surface area contributed by atoms with Crippen molar-refractivity contribution in [3.05, 3.63) is 41.7 Å². The Hall–Kier alpha value is -2.03. The Bertz CT molecular complexity index is 694. The third-order valence-corrected chi connectivity index (χ3v) is 4.99. The first kappa shape index (κ1) is 22.3. The monoisotopic (exact) mass is 383 g/mol. The summed E-state index contributed by atoms with van der Waals surface area (Å²) in [6.45, 7) is 10.1. The molecule has 2 rings (SSSR count). The fourth-order valence-corrected chi connectivity index (χ4v) is 3.34. The van der Waals surface area contributed by atoms with Gasteiger partial charge in [-0.05, 0) is 44.4 Å². The van der Waals surface area contributed by atoms with Gasteiger partial charge in [0.15, 0.2) is 0 Å². The van der Waals surface area contributed by atoms with Crippen LogP contribution in [0.25, 0.3) is 11.1 Å². The highest BCUT2D eigenvalue weighted by Crippen LogP contribution is 2.37. The molecule has 0 saturated carbocycles. The van der Waals surface area contributed by atoms with Crippen molar-refractivity contribution < 1.29 is 9.47 Å². The average molecular weight is 384 g/mol. The Morgan fingerprint density at radius 2 is 1.46 bits per heavy atom. The van der Waals surface area contributed by atoms with Gasteiger partial charge in [-0.3, -0.25) is 4.98 Å². The fourth-order valence-electron chi connectivity index (χ4n) is 3.34. The van der Waals surface area contributed by atoms with E-state index in [-0.39, 0.29) is 0 Å². The molecule has 0 aliphatic carbocycles. The van der Waals surface area contributed by atoms with Crippen molar-refractivity contribution in [2.24, 2.45) is 0 Å². The Labute approximate surface area is 171 Å². The van der Waals surface area contributed by atoms with Gasteiger partial charge in [0.1, 0.15) is 11.5 Å². The van der Waals surface area contributed by atoms with Gasteiger partial charge in [0.25, 0.3) is 0 Å². The zero-order valence-electron chi connectivity index (χ0n) is 18.2. The van der Waals surface area contributed by atoms with Crippen LogP contribution in [0.15, 0.2) is 30.5 Å². The Kier molecular flexibility index (Phi) is 9.88. The molecule has 3 nitrogen and oxygen atoms in total. The second kappa shape index (κ2) is 12.4. The molecular weight excluding hydrogens is 346 g/mol.